The average Bonchev–Trinajstić information content (AvgIpc) is 3.00. The van der Waals surface area contributed by atoms with Crippen LogP contribution < -0.4 is 0 Å². The van der Waals surface area contributed by atoms with Crippen molar-refractivity contribution in [1.29, 1.82) is 0 Å². The first-order valence-corrected chi connectivity index (χ1v) is 6.93. The highest BCUT2D eigenvalue weighted by atomic mass is 79.9. The van der Waals surface area contributed by atoms with Crippen molar-refractivity contribution in [1.82, 2.24) is 9.97 Å². The van der Waals surface area contributed by atoms with Gasteiger partial charge in [0, 0.05) is 10.4 Å². The maximum absolute atomic E-state index is 4.53. The summed E-state index contributed by atoms with van der Waals surface area (Å²) in [7, 11) is 0. The van der Waals surface area contributed by atoms with Crippen LogP contribution in [0.5, 0.6) is 0 Å². The monoisotopic (exact) mass is 290 g/mol. The number of nitrogens with one attached hydrogen (secondary N) is 1. The molecule has 1 aromatic carbocycles. The number of hydrogen-bond donors (Lipinski definition) is 1. The molecule has 3 heteroatoms. The normalized spacial score (nSPS) is 16.5. The van der Waals surface area contributed by atoms with E-state index in [0.717, 1.165) is 10.2 Å². The Morgan fingerprint density at radius 2 is 1.82 bits per heavy atom. The van der Waals surface area contributed by atoms with Gasteiger partial charge in [-0.05, 0) is 30.5 Å². The zero-order chi connectivity index (χ0) is 11.7. The van der Waals surface area contributed by atoms with Crippen molar-refractivity contribution in [3.8, 4) is 11.3 Å². The van der Waals surface area contributed by atoms with Crippen LogP contribution in [0.2, 0.25) is 0 Å². The molecule has 1 heterocycles. The van der Waals surface area contributed by atoms with Crippen molar-refractivity contribution in [3.63, 3.8) is 0 Å². The highest BCUT2D eigenvalue weighted by Gasteiger charge is 2.19. The number of aromatic nitrogens is 2. The van der Waals surface area contributed by atoms with Gasteiger partial charge in [0.05, 0.1) is 11.9 Å². The molecule has 0 radical (unpaired) electrons. The van der Waals surface area contributed by atoms with E-state index >= 15 is 0 Å². The fourth-order valence-corrected chi connectivity index (χ4v) is 2.78. The van der Waals surface area contributed by atoms with Crippen molar-refractivity contribution >= 4 is 15.9 Å². The van der Waals surface area contributed by atoms with Crippen molar-refractivity contribution in [3.05, 3.63) is 40.8 Å². The van der Waals surface area contributed by atoms with Gasteiger partial charge in [0.1, 0.15) is 5.82 Å². The lowest BCUT2D eigenvalue weighted by Gasteiger charge is -2.04. The Morgan fingerprint density at radius 3 is 2.53 bits per heavy atom. The zero-order valence-electron chi connectivity index (χ0n) is 9.62. The number of hydrogen-bond acceptors (Lipinski definition) is 1. The van der Waals surface area contributed by atoms with E-state index in [2.05, 4.69) is 50.2 Å². The van der Waals surface area contributed by atoms with Gasteiger partial charge in [-0.1, -0.05) is 40.9 Å². The Morgan fingerprint density at radius 1 is 1.12 bits per heavy atom. The largest absolute Gasteiger partial charge is 0.342 e. The molecular weight excluding hydrogens is 276 g/mol. The molecule has 3 rings (SSSR count). The fourth-order valence-electron chi connectivity index (χ4n) is 2.52. The quantitative estimate of drug-likeness (QED) is 0.867. The van der Waals surface area contributed by atoms with Crippen LogP contribution in [0, 0.1) is 0 Å². The van der Waals surface area contributed by atoms with Crippen molar-refractivity contribution in [2.75, 3.05) is 0 Å². The van der Waals surface area contributed by atoms with Crippen LogP contribution in [0.15, 0.2) is 34.9 Å². The summed E-state index contributed by atoms with van der Waals surface area (Å²) in [6.07, 6.45) is 7.22. The summed E-state index contributed by atoms with van der Waals surface area (Å²) in [5.41, 5.74) is 2.32. The molecule has 0 aliphatic heterocycles. The molecule has 88 valence electrons. The first-order valence-electron chi connectivity index (χ1n) is 6.14. The summed E-state index contributed by atoms with van der Waals surface area (Å²) in [5, 5.41) is 0. The van der Waals surface area contributed by atoms with E-state index in [9.17, 15) is 0 Å². The van der Waals surface area contributed by atoms with Crippen LogP contribution in [0.3, 0.4) is 0 Å². The minimum Gasteiger partial charge on any atom is -0.342 e. The fraction of sp³-hybridized carbons (Fsp3) is 0.357. The molecule has 1 aromatic heterocycles. The van der Waals surface area contributed by atoms with Gasteiger partial charge in [0.25, 0.3) is 0 Å². The number of imidazole rings is 1. The molecule has 17 heavy (non-hydrogen) atoms. The zero-order valence-corrected chi connectivity index (χ0v) is 11.2. The predicted molar refractivity (Wildman–Crippen MR) is 72.9 cm³/mol. The number of nitrogens with zero attached hydrogens (tertiary/aromatic N) is 1. The molecule has 1 saturated carbocycles. The molecule has 1 fully saturated rings. The molecule has 0 atom stereocenters. The van der Waals surface area contributed by atoms with Gasteiger partial charge >= 0.3 is 0 Å². The van der Waals surface area contributed by atoms with E-state index in [4.69, 9.17) is 0 Å². The second kappa shape index (κ2) is 4.65. The predicted octanol–water partition coefficient (Wildman–Crippen LogP) is 4.50. The Balaban J connectivity index is 1.86. The summed E-state index contributed by atoms with van der Waals surface area (Å²) in [6, 6.07) is 8.34. The van der Waals surface area contributed by atoms with Crippen LogP contribution in [-0.2, 0) is 0 Å². The van der Waals surface area contributed by atoms with Gasteiger partial charge in [0.2, 0.25) is 0 Å². The van der Waals surface area contributed by atoms with E-state index < -0.39 is 0 Å². The van der Waals surface area contributed by atoms with E-state index in [1.165, 1.54) is 37.1 Å². The molecule has 2 nitrogen and oxygen atoms in total. The van der Waals surface area contributed by atoms with E-state index in [0.29, 0.717) is 5.92 Å². The molecule has 0 bridgehead atoms. The average molecular weight is 291 g/mol. The minimum absolute atomic E-state index is 0.652. The van der Waals surface area contributed by atoms with Gasteiger partial charge in [-0.25, -0.2) is 4.98 Å². The smallest absolute Gasteiger partial charge is 0.109 e. The highest BCUT2D eigenvalue weighted by molar-refractivity contribution is 9.10. The molecule has 0 spiro atoms. The van der Waals surface area contributed by atoms with E-state index in [-0.39, 0.29) is 0 Å². The Labute approximate surface area is 110 Å². The van der Waals surface area contributed by atoms with Gasteiger partial charge in [0.15, 0.2) is 0 Å². The van der Waals surface area contributed by atoms with Gasteiger partial charge in [-0.15, -0.1) is 0 Å². The molecule has 1 aliphatic carbocycles. The highest BCUT2D eigenvalue weighted by Crippen LogP contribution is 2.33. The van der Waals surface area contributed by atoms with Gasteiger partial charge in [-0.2, -0.15) is 0 Å². The molecule has 1 aliphatic rings. The Hall–Kier alpha value is -1.09. The second-order valence-corrected chi connectivity index (χ2v) is 5.59. The first-order chi connectivity index (χ1) is 8.33. The standard InChI is InChI=1S/C14H15BrN2/c15-12-7-5-10(6-8-12)13-9-16-14(17-13)11-3-1-2-4-11/h5-9,11H,1-4H2,(H,16,17). The second-order valence-electron chi connectivity index (χ2n) is 4.67. The van der Waals surface area contributed by atoms with Crippen LogP contribution >= 0.6 is 15.9 Å². The Bertz CT molecular complexity index is 495. The summed E-state index contributed by atoms with van der Waals surface area (Å²) in [4.78, 5) is 7.99. The van der Waals surface area contributed by atoms with Crippen LogP contribution in [0.4, 0.5) is 0 Å². The topological polar surface area (TPSA) is 28.7 Å². The van der Waals surface area contributed by atoms with Crippen LogP contribution in [0.1, 0.15) is 37.4 Å². The number of halogens is 1. The van der Waals surface area contributed by atoms with Crippen LogP contribution in [0.25, 0.3) is 11.3 Å². The van der Waals surface area contributed by atoms with E-state index in [1.54, 1.807) is 0 Å². The molecule has 0 unspecified atom stereocenters. The number of benzene rings is 1. The molecular formula is C14H15BrN2. The maximum atomic E-state index is 4.53. The molecule has 2 aromatic rings. The minimum atomic E-state index is 0.652. The molecule has 0 saturated heterocycles. The Kier molecular flexibility index (Phi) is 3.02. The lowest BCUT2D eigenvalue weighted by atomic mass is 10.1. The first kappa shape index (κ1) is 11.0. The van der Waals surface area contributed by atoms with Crippen molar-refractivity contribution < 1.29 is 0 Å². The van der Waals surface area contributed by atoms with Crippen LogP contribution in [-0.4, -0.2) is 9.97 Å². The third-order valence-electron chi connectivity index (χ3n) is 3.49. The summed E-state index contributed by atoms with van der Waals surface area (Å²) < 4.78 is 1.11. The number of rotatable bonds is 2. The summed E-state index contributed by atoms with van der Waals surface area (Å²) >= 11 is 3.45. The SMILES string of the molecule is Brc1ccc(-c2cnc(C3CCCC3)[nH]2)cc1. The summed E-state index contributed by atoms with van der Waals surface area (Å²) in [5.74, 6) is 1.82. The third-order valence-corrected chi connectivity index (χ3v) is 4.02. The number of aromatic amines is 1. The maximum Gasteiger partial charge on any atom is 0.109 e. The lowest BCUT2D eigenvalue weighted by Crippen LogP contribution is -1.94. The molecule has 1 N–H and O–H groups in total. The van der Waals surface area contributed by atoms with Gasteiger partial charge in [-0.3, -0.25) is 0 Å². The number of H-pyrrole nitrogens is 1. The molecule has 0 amide bonds. The summed E-state index contributed by atoms with van der Waals surface area (Å²) in [6.45, 7) is 0. The van der Waals surface area contributed by atoms with Gasteiger partial charge < -0.3 is 4.98 Å². The van der Waals surface area contributed by atoms with E-state index in [1.807, 2.05) is 6.20 Å². The van der Waals surface area contributed by atoms with Crippen molar-refractivity contribution in [2.45, 2.75) is 31.6 Å². The van der Waals surface area contributed by atoms with Crippen molar-refractivity contribution in [2.24, 2.45) is 0 Å². The third kappa shape index (κ3) is 2.29. The lowest BCUT2D eigenvalue weighted by molar-refractivity contribution is 0.679.